The fraction of sp³-hybridized carbons (Fsp3) is 0.611. The highest BCUT2D eigenvalue weighted by molar-refractivity contribution is 5.80. The molecule has 2 N–H and O–H groups in total. The van der Waals surface area contributed by atoms with Crippen LogP contribution in [-0.2, 0) is 0 Å². The van der Waals surface area contributed by atoms with Crippen LogP contribution in [0.3, 0.4) is 0 Å². The quantitative estimate of drug-likeness (QED) is 0.643. The monoisotopic (exact) mass is 285 g/mol. The molecule has 0 aliphatic heterocycles. The first-order valence-corrected chi connectivity index (χ1v) is 8.46. The second kappa shape index (κ2) is 6.97. The van der Waals surface area contributed by atoms with Crippen molar-refractivity contribution in [3.05, 3.63) is 35.9 Å². The van der Waals surface area contributed by atoms with Gasteiger partial charge in [-0.15, -0.1) is 0 Å². The molecule has 3 rings (SSSR count). The van der Waals surface area contributed by atoms with E-state index >= 15 is 0 Å². The van der Waals surface area contributed by atoms with E-state index < -0.39 is 0 Å². The van der Waals surface area contributed by atoms with Gasteiger partial charge in [-0.05, 0) is 43.6 Å². The zero-order valence-electron chi connectivity index (χ0n) is 13.0. The van der Waals surface area contributed by atoms with Crippen molar-refractivity contribution in [1.82, 2.24) is 10.6 Å². The molecule has 2 atom stereocenters. The molecule has 2 saturated carbocycles. The highest BCUT2D eigenvalue weighted by atomic mass is 15.2. The molecule has 2 aliphatic carbocycles. The molecule has 3 nitrogen and oxygen atoms in total. The summed E-state index contributed by atoms with van der Waals surface area (Å²) in [5, 5.41) is 6.98. The van der Waals surface area contributed by atoms with Gasteiger partial charge in [-0.1, -0.05) is 43.2 Å². The maximum absolute atomic E-state index is 4.81. The molecule has 0 heterocycles. The van der Waals surface area contributed by atoms with Gasteiger partial charge in [0.15, 0.2) is 5.96 Å². The van der Waals surface area contributed by atoms with Gasteiger partial charge in [0.05, 0.1) is 0 Å². The summed E-state index contributed by atoms with van der Waals surface area (Å²) in [5.41, 5.74) is 1.48. The summed E-state index contributed by atoms with van der Waals surface area (Å²) in [7, 11) is 0. The molecule has 2 fully saturated rings. The fourth-order valence-corrected chi connectivity index (χ4v) is 3.35. The number of hydrogen-bond acceptors (Lipinski definition) is 1. The third kappa shape index (κ3) is 3.99. The first-order valence-electron chi connectivity index (χ1n) is 8.46. The molecule has 0 spiro atoms. The Kier molecular flexibility index (Phi) is 4.79. The fourth-order valence-electron chi connectivity index (χ4n) is 3.35. The van der Waals surface area contributed by atoms with E-state index in [1.165, 1.54) is 37.7 Å². The lowest BCUT2D eigenvalue weighted by atomic mass is 10.1. The molecule has 2 aliphatic rings. The van der Waals surface area contributed by atoms with E-state index in [0.717, 1.165) is 30.9 Å². The number of nitrogens with one attached hydrogen (secondary N) is 2. The summed E-state index contributed by atoms with van der Waals surface area (Å²) in [4.78, 5) is 4.81. The molecule has 21 heavy (non-hydrogen) atoms. The van der Waals surface area contributed by atoms with Gasteiger partial charge in [0, 0.05) is 19.1 Å². The predicted octanol–water partition coefficient (Wildman–Crippen LogP) is 3.29. The Morgan fingerprint density at radius 2 is 1.95 bits per heavy atom. The molecule has 0 saturated heterocycles. The second-order valence-electron chi connectivity index (χ2n) is 6.36. The van der Waals surface area contributed by atoms with E-state index in [9.17, 15) is 0 Å². The zero-order chi connectivity index (χ0) is 14.5. The predicted molar refractivity (Wildman–Crippen MR) is 88.7 cm³/mol. The summed E-state index contributed by atoms with van der Waals surface area (Å²) in [6.45, 7) is 4.02. The van der Waals surface area contributed by atoms with E-state index in [-0.39, 0.29) is 0 Å². The second-order valence-corrected chi connectivity index (χ2v) is 6.36. The van der Waals surface area contributed by atoms with Crippen LogP contribution in [0.1, 0.15) is 50.5 Å². The number of hydrogen-bond donors (Lipinski definition) is 2. The van der Waals surface area contributed by atoms with E-state index in [1.807, 2.05) is 0 Å². The van der Waals surface area contributed by atoms with E-state index in [4.69, 9.17) is 4.99 Å². The Bertz CT molecular complexity index is 463. The van der Waals surface area contributed by atoms with Crippen molar-refractivity contribution in [2.45, 2.75) is 51.0 Å². The van der Waals surface area contributed by atoms with Crippen molar-refractivity contribution in [1.29, 1.82) is 0 Å². The van der Waals surface area contributed by atoms with Crippen LogP contribution >= 0.6 is 0 Å². The Hall–Kier alpha value is -1.51. The summed E-state index contributed by atoms with van der Waals surface area (Å²) < 4.78 is 0. The van der Waals surface area contributed by atoms with Crippen LogP contribution < -0.4 is 10.6 Å². The number of rotatable bonds is 5. The van der Waals surface area contributed by atoms with E-state index in [1.54, 1.807) is 0 Å². The van der Waals surface area contributed by atoms with Gasteiger partial charge in [-0.25, -0.2) is 0 Å². The SMILES string of the molecule is CCNC(=NCC1CC1c1ccccc1)NC1CCCC1. The van der Waals surface area contributed by atoms with Crippen LogP contribution in [0.4, 0.5) is 0 Å². The minimum Gasteiger partial charge on any atom is -0.357 e. The Morgan fingerprint density at radius 1 is 1.19 bits per heavy atom. The lowest BCUT2D eigenvalue weighted by Gasteiger charge is -2.16. The molecular weight excluding hydrogens is 258 g/mol. The van der Waals surface area contributed by atoms with Gasteiger partial charge in [0.2, 0.25) is 0 Å². The molecule has 0 amide bonds. The van der Waals surface area contributed by atoms with Crippen molar-refractivity contribution in [3.63, 3.8) is 0 Å². The molecule has 0 bridgehead atoms. The van der Waals surface area contributed by atoms with E-state index in [0.29, 0.717) is 6.04 Å². The first-order chi connectivity index (χ1) is 10.4. The van der Waals surface area contributed by atoms with Gasteiger partial charge >= 0.3 is 0 Å². The van der Waals surface area contributed by atoms with Gasteiger partial charge < -0.3 is 10.6 Å². The average molecular weight is 285 g/mol. The molecule has 0 radical (unpaired) electrons. The van der Waals surface area contributed by atoms with Crippen LogP contribution in [0.25, 0.3) is 0 Å². The first kappa shape index (κ1) is 14.4. The number of guanidine groups is 1. The summed E-state index contributed by atoms with van der Waals surface area (Å²) >= 11 is 0. The standard InChI is InChI=1S/C18H27N3/c1-2-19-18(21-16-10-6-7-11-16)20-13-15-12-17(15)14-8-4-3-5-9-14/h3-5,8-9,15-17H,2,6-7,10-13H2,1H3,(H2,19,20,21). The van der Waals surface area contributed by atoms with Crippen molar-refractivity contribution < 1.29 is 0 Å². The molecule has 1 aromatic carbocycles. The van der Waals surface area contributed by atoms with E-state index in [2.05, 4.69) is 47.9 Å². The molecule has 114 valence electrons. The van der Waals surface area contributed by atoms with Crippen LogP contribution in [0.2, 0.25) is 0 Å². The normalized spacial score (nSPS) is 25.9. The van der Waals surface area contributed by atoms with Crippen molar-refractivity contribution >= 4 is 5.96 Å². The smallest absolute Gasteiger partial charge is 0.191 e. The Labute approximate surface area is 128 Å². The third-order valence-electron chi connectivity index (χ3n) is 4.67. The summed E-state index contributed by atoms with van der Waals surface area (Å²) in [5.74, 6) is 2.47. The van der Waals surface area contributed by atoms with Gasteiger partial charge in [-0.2, -0.15) is 0 Å². The van der Waals surface area contributed by atoms with Crippen molar-refractivity contribution in [2.24, 2.45) is 10.9 Å². The molecule has 0 aromatic heterocycles. The molecule has 3 heteroatoms. The lowest BCUT2D eigenvalue weighted by Crippen LogP contribution is -2.42. The summed E-state index contributed by atoms with van der Waals surface area (Å²) in [6.07, 6.45) is 6.59. The largest absolute Gasteiger partial charge is 0.357 e. The van der Waals surface area contributed by atoms with Gasteiger partial charge in [0.25, 0.3) is 0 Å². The van der Waals surface area contributed by atoms with Crippen LogP contribution in [-0.4, -0.2) is 25.1 Å². The highest BCUT2D eigenvalue weighted by Crippen LogP contribution is 2.47. The maximum Gasteiger partial charge on any atom is 0.191 e. The zero-order valence-corrected chi connectivity index (χ0v) is 13.0. The molecular formula is C18H27N3. The summed E-state index contributed by atoms with van der Waals surface area (Å²) in [6, 6.07) is 11.5. The Morgan fingerprint density at radius 3 is 2.67 bits per heavy atom. The van der Waals surface area contributed by atoms with Crippen LogP contribution in [0.15, 0.2) is 35.3 Å². The van der Waals surface area contributed by atoms with Crippen molar-refractivity contribution in [3.8, 4) is 0 Å². The van der Waals surface area contributed by atoms with Gasteiger partial charge in [-0.3, -0.25) is 4.99 Å². The Balaban J connectivity index is 1.51. The van der Waals surface area contributed by atoms with Crippen LogP contribution in [0, 0.1) is 5.92 Å². The topological polar surface area (TPSA) is 36.4 Å². The number of aliphatic imine (C=N–C) groups is 1. The third-order valence-corrected chi connectivity index (χ3v) is 4.67. The maximum atomic E-state index is 4.81. The van der Waals surface area contributed by atoms with Crippen LogP contribution in [0.5, 0.6) is 0 Å². The molecule has 1 aromatic rings. The average Bonchev–Trinajstić information content (AvgIpc) is 3.12. The van der Waals surface area contributed by atoms with Gasteiger partial charge in [0.1, 0.15) is 0 Å². The number of nitrogens with zero attached hydrogens (tertiary/aromatic N) is 1. The lowest BCUT2D eigenvalue weighted by molar-refractivity contribution is 0.612. The highest BCUT2D eigenvalue weighted by Gasteiger charge is 2.37. The van der Waals surface area contributed by atoms with Crippen molar-refractivity contribution in [2.75, 3.05) is 13.1 Å². The minimum absolute atomic E-state index is 0.631. The molecule has 2 unspecified atom stereocenters. The number of benzene rings is 1. The minimum atomic E-state index is 0.631.